The lowest BCUT2D eigenvalue weighted by atomic mass is 9.55. The van der Waals surface area contributed by atoms with Crippen LogP contribution >= 0.6 is 0 Å². The van der Waals surface area contributed by atoms with Crippen molar-refractivity contribution in [1.82, 2.24) is 9.80 Å². The number of rotatable bonds is 4. The van der Waals surface area contributed by atoms with E-state index in [-0.39, 0.29) is 0 Å². The third-order valence-corrected chi connectivity index (χ3v) is 7.74. The number of ether oxygens (including phenoxy) is 1. The Labute approximate surface area is 159 Å². The lowest BCUT2D eigenvalue weighted by Crippen LogP contribution is -2.59. The lowest BCUT2D eigenvalue weighted by molar-refractivity contribution is -0.0471. The van der Waals surface area contributed by atoms with E-state index in [0.717, 1.165) is 36.7 Å². The van der Waals surface area contributed by atoms with Crippen molar-refractivity contribution < 1.29 is 4.74 Å². The fourth-order valence-electron chi connectivity index (χ4n) is 6.10. The number of benzene rings is 1. The summed E-state index contributed by atoms with van der Waals surface area (Å²) in [6.07, 6.45) is 8.13. The molecule has 0 aromatic heterocycles. The lowest BCUT2D eigenvalue weighted by Gasteiger charge is -2.58. The van der Waals surface area contributed by atoms with Gasteiger partial charge in [0.2, 0.25) is 0 Å². The van der Waals surface area contributed by atoms with Gasteiger partial charge in [-0.2, -0.15) is 0 Å². The highest BCUT2D eigenvalue weighted by Crippen LogP contribution is 2.55. The number of piperidine rings is 1. The molecule has 2 aliphatic carbocycles. The molecule has 2 fully saturated rings. The average molecular weight is 357 g/mol. The Morgan fingerprint density at radius 3 is 2.88 bits per heavy atom. The van der Waals surface area contributed by atoms with Gasteiger partial charge in [0.25, 0.3) is 0 Å². The van der Waals surface area contributed by atoms with Crippen LogP contribution < -0.4 is 4.74 Å². The zero-order valence-corrected chi connectivity index (χ0v) is 17.1. The van der Waals surface area contributed by atoms with Crippen molar-refractivity contribution in [3.63, 3.8) is 0 Å². The first-order chi connectivity index (χ1) is 12.5. The van der Waals surface area contributed by atoms with Crippen LogP contribution in [0.1, 0.15) is 56.1 Å². The number of likely N-dealkylation sites (tertiary alicyclic amines) is 1. The van der Waals surface area contributed by atoms with Crippen LogP contribution in [0.5, 0.6) is 5.75 Å². The van der Waals surface area contributed by atoms with Crippen LogP contribution in [0.2, 0.25) is 0 Å². The van der Waals surface area contributed by atoms with Crippen molar-refractivity contribution >= 4 is 0 Å². The maximum atomic E-state index is 5.99. The highest BCUT2D eigenvalue weighted by atomic mass is 16.5. The summed E-state index contributed by atoms with van der Waals surface area (Å²) < 4.78 is 5.99. The fourth-order valence-corrected chi connectivity index (χ4v) is 6.10. The summed E-state index contributed by atoms with van der Waals surface area (Å²) in [6.45, 7) is 5.57. The minimum atomic E-state index is 0.437. The van der Waals surface area contributed by atoms with Gasteiger partial charge in [-0.1, -0.05) is 6.07 Å². The largest absolute Gasteiger partial charge is 0.492 e. The van der Waals surface area contributed by atoms with Gasteiger partial charge in [-0.25, -0.2) is 0 Å². The molecule has 4 rings (SSSR count). The van der Waals surface area contributed by atoms with Gasteiger partial charge in [-0.3, -0.25) is 0 Å². The summed E-state index contributed by atoms with van der Waals surface area (Å²) in [7, 11) is 6.55. The normalized spacial score (nSPS) is 34.1. The van der Waals surface area contributed by atoms with Gasteiger partial charge in [-0.15, -0.1) is 0 Å². The van der Waals surface area contributed by atoms with E-state index in [4.69, 9.17) is 4.74 Å². The van der Waals surface area contributed by atoms with Crippen molar-refractivity contribution in [2.75, 3.05) is 40.8 Å². The molecule has 0 unspecified atom stereocenters. The molecular formula is C23H36N2O. The molecule has 0 amide bonds. The van der Waals surface area contributed by atoms with E-state index >= 15 is 0 Å². The van der Waals surface area contributed by atoms with Gasteiger partial charge in [-0.05, 0) is 114 Å². The van der Waals surface area contributed by atoms with Crippen LogP contribution in [0.4, 0.5) is 0 Å². The standard InChI is InChI=1S/C23H36N2O/c1-23-12-11-20-19-10-8-18(26-15-14-24(2)3)16-17(19)7-9-21(20)22(23)6-5-13-25(23)4/h8,10,16,20-22H,5-7,9,11-15H2,1-4H3/t20-,21-,22+,23+/m1/s1. The van der Waals surface area contributed by atoms with Crippen molar-refractivity contribution in [1.29, 1.82) is 0 Å². The molecule has 3 aliphatic rings. The van der Waals surface area contributed by atoms with Crippen LogP contribution in [-0.2, 0) is 6.42 Å². The molecular weight excluding hydrogens is 320 g/mol. The zero-order chi connectivity index (χ0) is 18.3. The maximum Gasteiger partial charge on any atom is 0.119 e. The highest BCUT2D eigenvalue weighted by molar-refractivity contribution is 5.40. The summed E-state index contributed by atoms with van der Waals surface area (Å²) in [5, 5.41) is 0. The van der Waals surface area contributed by atoms with E-state index in [1.54, 1.807) is 11.1 Å². The number of fused-ring (bicyclic) bond motifs is 5. The SMILES string of the molecule is CN(C)CCOc1ccc2c(c1)CC[C@@H]1[C@@H]2CC[C@@]2(C)[C@H]1CCCN2C. The van der Waals surface area contributed by atoms with Crippen molar-refractivity contribution in [3.8, 4) is 5.75 Å². The Morgan fingerprint density at radius 1 is 1.23 bits per heavy atom. The van der Waals surface area contributed by atoms with Crippen molar-refractivity contribution in [2.45, 2.75) is 56.9 Å². The van der Waals surface area contributed by atoms with E-state index in [9.17, 15) is 0 Å². The average Bonchev–Trinajstić information content (AvgIpc) is 2.62. The van der Waals surface area contributed by atoms with E-state index in [2.05, 4.69) is 56.1 Å². The van der Waals surface area contributed by atoms with Gasteiger partial charge in [0.05, 0.1) is 0 Å². The second kappa shape index (κ2) is 7.16. The molecule has 0 radical (unpaired) electrons. The van der Waals surface area contributed by atoms with Crippen molar-refractivity contribution in [3.05, 3.63) is 29.3 Å². The smallest absolute Gasteiger partial charge is 0.119 e. The van der Waals surface area contributed by atoms with E-state index < -0.39 is 0 Å². The monoisotopic (exact) mass is 356 g/mol. The molecule has 1 heterocycles. The summed E-state index contributed by atoms with van der Waals surface area (Å²) in [4.78, 5) is 4.85. The maximum absolute atomic E-state index is 5.99. The number of aryl methyl sites for hydroxylation is 1. The molecule has 0 spiro atoms. The molecule has 3 nitrogen and oxygen atoms in total. The minimum Gasteiger partial charge on any atom is -0.492 e. The molecule has 1 aromatic carbocycles. The Hall–Kier alpha value is -1.06. The second-order valence-electron chi connectivity index (χ2n) is 9.39. The molecule has 4 atom stereocenters. The quantitative estimate of drug-likeness (QED) is 0.805. The van der Waals surface area contributed by atoms with Gasteiger partial charge in [0.15, 0.2) is 0 Å². The first-order valence-corrected chi connectivity index (χ1v) is 10.6. The van der Waals surface area contributed by atoms with Gasteiger partial charge in [0.1, 0.15) is 12.4 Å². The predicted molar refractivity (Wildman–Crippen MR) is 108 cm³/mol. The topological polar surface area (TPSA) is 15.7 Å². The van der Waals surface area contributed by atoms with Gasteiger partial charge in [0, 0.05) is 12.1 Å². The van der Waals surface area contributed by atoms with Gasteiger partial charge < -0.3 is 14.5 Å². The molecule has 0 N–H and O–H groups in total. The fraction of sp³-hybridized carbons (Fsp3) is 0.739. The van der Waals surface area contributed by atoms with Crippen molar-refractivity contribution in [2.24, 2.45) is 11.8 Å². The molecule has 0 bridgehead atoms. The number of hydrogen-bond acceptors (Lipinski definition) is 3. The molecule has 3 heteroatoms. The summed E-state index contributed by atoms with van der Waals surface area (Å²) in [6, 6.07) is 6.95. The van der Waals surface area contributed by atoms with Crippen LogP contribution in [0.15, 0.2) is 18.2 Å². The Kier molecular flexibility index (Phi) is 5.04. The molecule has 1 aliphatic heterocycles. The Bertz CT molecular complexity index is 643. The van der Waals surface area contributed by atoms with Crippen LogP contribution in [0.3, 0.4) is 0 Å². The predicted octanol–water partition coefficient (Wildman–Crippen LogP) is 4.17. The van der Waals surface area contributed by atoms with Crippen LogP contribution in [-0.4, -0.2) is 56.2 Å². The Morgan fingerprint density at radius 2 is 2.08 bits per heavy atom. The number of nitrogens with zero attached hydrogens (tertiary/aromatic N) is 2. The van der Waals surface area contributed by atoms with Crippen LogP contribution in [0, 0.1) is 11.8 Å². The number of hydrogen-bond donors (Lipinski definition) is 0. The molecule has 1 aromatic rings. The zero-order valence-electron chi connectivity index (χ0n) is 17.1. The van der Waals surface area contributed by atoms with Crippen LogP contribution in [0.25, 0.3) is 0 Å². The third-order valence-electron chi connectivity index (χ3n) is 7.74. The highest BCUT2D eigenvalue weighted by Gasteiger charge is 2.51. The first-order valence-electron chi connectivity index (χ1n) is 10.6. The summed E-state index contributed by atoms with van der Waals surface area (Å²) in [5.74, 6) is 3.59. The molecule has 1 saturated carbocycles. The van der Waals surface area contributed by atoms with Gasteiger partial charge >= 0.3 is 0 Å². The number of likely N-dealkylation sites (N-methyl/N-ethyl adjacent to an activating group) is 1. The molecule has 1 saturated heterocycles. The van der Waals surface area contributed by atoms with E-state index in [0.29, 0.717) is 5.54 Å². The summed E-state index contributed by atoms with van der Waals surface area (Å²) >= 11 is 0. The minimum absolute atomic E-state index is 0.437. The molecule has 144 valence electrons. The summed E-state index contributed by atoms with van der Waals surface area (Å²) in [5.41, 5.74) is 3.63. The second-order valence-corrected chi connectivity index (χ2v) is 9.39. The Balaban J connectivity index is 1.52. The third kappa shape index (κ3) is 3.18. The van der Waals surface area contributed by atoms with E-state index in [1.165, 1.54) is 45.1 Å². The van der Waals surface area contributed by atoms with E-state index in [1.807, 2.05) is 0 Å². The first kappa shape index (κ1) is 18.3. The molecule has 26 heavy (non-hydrogen) atoms.